The van der Waals surface area contributed by atoms with Gasteiger partial charge in [-0.25, -0.2) is 4.98 Å². The first-order valence-corrected chi connectivity index (χ1v) is 7.31. The molecule has 0 amide bonds. The van der Waals surface area contributed by atoms with Gasteiger partial charge in [0, 0.05) is 6.54 Å². The van der Waals surface area contributed by atoms with Gasteiger partial charge in [-0.15, -0.1) is 0 Å². The average molecular weight is 298 g/mol. The number of nitrogens with two attached hydrogens (primary N) is 1. The van der Waals surface area contributed by atoms with Crippen molar-refractivity contribution in [2.45, 2.75) is 38.8 Å². The van der Waals surface area contributed by atoms with Gasteiger partial charge in [0.15, 0.2) is 0 Å². The van der Waals surface area contributed by atoms with Crippen LogP contribution in [0.2, 0.25) is 5.02 Å². The summed E-state index contributed by atoms with van der Waals surface area (Å²) in [5.74, 6) is 0.279. The van der Waals surface area contributed by atoms with E-state index in [-0.39, 0.29) is 12.0 Å². The summed E-state index contributed by atoms with van der Waals surface area (Å²) in [6.45, 7) is 3.59. The molecule has 2 rings (SSSR count). The number of piperidine rings is 1. The Hall–Kier alpha value is -1.33. The molecule has 1 atom stereocenters. The minimum absolute atomic E-state index is 0.160. The third-order valence-corrected chi connectivity index (χ3v) is 3.81. The van der Waals surface area contributed by atoms with E-state index >= 15 is 0 Å². The summed E-state index contributed by atoms with van der Waals surface area (Å²) < 4.78 is 5.14. The normalized spacial score (nSPS) is 19.8. The van der Waals surface area contributed by atoms with Crippen LogP contribution in [0.4, 0.5) is 5.82 Å². The molecule has 5 nitrogen and oxygen atoms in total. The molecule has 0 radical (unpaired) electrons. The third kappa shape index (κ3) is 3.61. The number of carbonyl (C=O) groups excluding carboxylic acids is 1. The SMILES string of the molecule is CCOC(=O)C1CCCCN1Cc1nc(N)ccc1Cl. The second-order valence-electron chi connectivity index (χ2n) is 4.90. The highest BCUT2D eigenvalue weighted by Crippen LogP contribution is 2.23. The monoisotopic (exact) mass is 297 g/mol. The molecule has 1 saturated heterocycles. The van der Waals surface area contributed by atoms with Crippen LogP contribution < -0.4 is 5.73 Å². The molecule has 0 bridgehead atoms. The van der Waals surface area contributed by atoms with Crippen molar-refractivity contribution >= 4 is 23.4 Å². The minimum atomic E-state index is -0.206. The molecule has 0 aliphatic carbocycles. The molecule has 1 aromatic heterocycles. The maximum absolute atomic E-state index is 12.0. The predicted octanol–water partition coefficient (Wildman–Crippen LogP) is 2.23. The van der Waals surface area contributed by atoms with Gasteiger partial charge in [-0.05, 0) is 38.4 Å². The van der Waals surface area contributed by atoms with Crippen molar-refractivity contribution in [2.75, 3.05) is 18.9 Å². The van der Waals surface area contributed by atoms with E-state index in [0.29, 0.717) is 29.7 Å². The molecule has 0 saturated carbocycles. The number of anilines is 1. The molecule has 20 heavy (non-hydrogen) atoms. The molecule has 0 spiro atoms. The Morgan fingerprint density at radius 3 is 3.10 bits per heavy atom. The highest BCUT2D eigenvalue weighted by atomic mass is 35.5. The van der Waals surface area contributed by atoms with E-state index in [2.05, 4.69) is 9.88 Å². The molecule has 1 aliphatic heterocycles. The molecule has 1 aliphatic rings. The number of rotatable bonds is 4. The van der Waals surface area contributed by atoms with Crippen LogP contribution in [0.25, 0.3) is 0 Å². The van der Waals surface area contributed by atoms with Crippen molar-refractivity contribution in [1.82, 2.24) is 9.88 Å². The van der Waals surface area contributed by atoms with Crippen LogP contribution in [0.5, 0.6) is 0 Å². The van der Waals surface area contributed by atoms with Gasteiger partial charge in [-0.3, -0.25) is 9.69 Å². The van der Waals surface area contributed by atoms with E-state index in [4.69, 9.17) is 22.1 Å². The molecule has 6 heteroatoms. The van der Waals surface area contributed by atoms with Gasteiger partial charge >= 0.3 is 5.97 Å². The number of carbonyl (C=O) groups is 1. The zero-order chi connectivity index (χ0) is 14.5. The van der Waals surface area contributed by atoms with Crippen LogP contribution >= 0.6 is 11.6 Å². The highest BCUT2D eigenvalue weighted by Gasteiger charge is 2.30. The number of nitrogens with zero attached hydrogens (tertiary/aromatic N) is 2. The number of halogens is 1. The van der Waals surface area contributed by atoms with Gasteiger partial charge in [0.1, 0.15) is 11.9 Å². The number of ether oxygens (including phenoxy) is 1. The molecular weight excluding hydrogens is 278 g/mol. The van der Waals surface area contributed by atoms with E-state index in [9.17, 15) is 4.79 Å². The number of hydrogen-bond acceptors (Lipinski definition) is 5. The van der Waals surface area contributed by atoms with Gasteiger partial charge in [-0.2, -0.15) is 0 Å². The number of pyridine rings is 1. The third-order valence-electron chi connectivity index (χ3n) is 3.47. The smallest absolute Gasteiger partial charge is 0.323 e. The Balaban J connectivity index is 2.12. The summed E-state index contributed by atoms with van der Waals surface area (Å²) in [7, 11) is 0. The molecule has 2 N–H and O–H groups in total. The lowest BCUT2D eigenvalue weighted by Crippen LogP contribution is -2.45. The summed E-state index contributed by atoms with van der Waals surface area (Å²) >= 11 is 6.14. The molecule has 110 valence electrons. The summed E-state index contributed by atoms with van der Waals surface area (Å²) in [6, 6.07) is 3.20. The first kappa shape index (κ1) is 15.1. The van der Waals surface area contributed by atoms with Gasteiger partial charge < -0.3 is 10.5 Å². The van der Waals surface area contributed by atoms with Crippen LogP contribution in [0.3, 0.4) is 0 Å². The van der Waals surface area contributed by atoms with Crippen molar-refractivity contribution in [3.63, 3.8) is 0 Å². The zero-order valence-electron chi connectivity index (χ0n) is 11.6. The number of nitrogen functional groups attached to an aromatic ring is 1. The molecular formula is C14H20ClN3O2. The maximum Gasteiger partial charge on any atom is 0.323 e. The Labute approximate surface area is 124 Å². The Morgan fingerprint density at radius 1 is 1.55 bits per heavy atom. The van der Waals surface area contributed by atoms with E-state index in [1.54, 1.807) is 12.1 Å². The maximum atomic E-state index is 12.0. The number of esters is 1. The fourth-order valence-corrected chi connectivity index (χ4v) is 2.66. The van der Waals surface area contributed by atoms with E-state index in [1.807, 2.05) is 6.92 Å². The van der Waals surface area contributed by atoms with Gasteiger partial charge in [0.2, 0.25) is 0 Å². The van der Waals surface area contributed by atoms with Crippen LogP contribution in [0, 0.1) is 0 Å². The lowest BCUT2D eigenvalue weighted by Gasteiger charge is -2.33. The van der Waals surface area contributed by atoms with Crippen molar-refractivity contribution < 1.29 is 9.53 Å². The second kappa shape index (κ2) is 6.90. The van der Waals surface area contributed by atoms with Crippen LogP contribution in [0.15, 0.2) is 12.1 Å². The first-order chi connectivity index (χ1) is 9.61. The molecule has 1 unspecified atom stereocenters. The van der Waals surface area contributed by atoms with E-state index in [1.165, 1.54) is 0 Å². The number of aromatic nitrogens is 1. The van der Waals surface area contributed by atoms with Crippen LogP contribution in [-0.4, -0.2) is 35.0 Å². The van der Waals surface area contributed by atoms with Crippen LogP contribution in [-0.2, 0) is 16.1 Å². The van der Waals surface area contributed by atoms with Crippen LogP contribution in [0.1, 0.15) is 31.9 Å². The molecule has 2 heterocycles. The molecule has 1 aromatic rings. The zero-order valence-corrected chi connectivity index (χ0v) is 12.4. The first-order valence-electron chi connectivity index (χ1n) is 6.93. The standard InChI is InChI=1S/C14H20ClN3O2/c1-2-20-14(19)12-5-3-4-8-18(12)9-11-10(15)6-7-13(16)17-11/h6-7,12H,2-5,8-9H2,1H3,(H2,16,17). The fourth-order valence-electron chi connectivity index (χ4n) is 2.49. The van der Waals surface area contributed by atoms with Crippen molar-refractivity contribution in [3.05, 3.63) is 22.8 Å². The van der Waals surface area contributed by atoms with E-state index < -0.39 is 0 Å². The summed E-state index contributed by atoms with van der Waals surface area (Å²) in [5, 5.41) is 0.576. The Morgan fingerprint density at radius 2 is 2.35 bits per heavy atom. The minimum Gasteiger partial charge on any atom is -0.465 e. The quantitative estimate of drug-likeness (QED) is 0.863. The van der Waals surface area contributed by atoms with Crippen molar-refractivity contribution in [3.8, 4) is 0 Å². The lowest BCUT2D eigenvalue weighted by atomic mass is 10.0. The summed E-state index contributed by atoms with van der Waals surface area (Å²) in [4.78, 5) is 18.3. The topological polar surface area (TPSA) is 68.5 Å². The largest absolute Gasteiger partial charge is 0.465 e. The lowest BCUT2D eigenvalue weighted by molar-refractivity contribution is -0.151. The fraction of sp³-hybridized carbons (Fsp3) is 0.571. The van der Waals surface area contributed by atoms with Crippen molar-refractivity contribution in [2.24, 2.45) is 0 Å². The van der Waals surface area contributed by atoms with Crippen molar-refractivity contribution in [1.29, 1.82) is 0 Å². The predicted molar refractivity (Wildman–Crippen MR) is 78.3 cm³/mol. The summed E-state index contributed by atoms with van der Waals surface area (Å²) in [5.41, 5.74) is 6.41. The molecule has 1 fully saturated rings. The second-order valence-corrected chi connectivity index (χ2v) is 5.31. The summed E-state index contributed by atoms with van der Waals surface area (Å²) in [6.07, 6.45) is 2.92. The Bertz CT molecular complexity index is 481. The van der Waals surface area contributed by atoms with E-state index in [0.717, 1.165) is 25.8 Å². The van der Waals surface area contributed by atoms with Gasteiger partial charge in [0.25, 0.3) is 0 Å². The number of hydrogen-bond donors (Lipinski definition) is 1. The molecule has 0 aromatic carbocycles. The highest BCUT2D eigenvalue weighted by molar-refractivity contribution is 6.31. The van der Waals surface area contributed by atoms with Gasteiger partial charge in [-0.1, -0.05) is 18.0 Å². The van der Waals surface area contributed by atoms with Gasteiger partial charge in [0.05, 0.1) is 17.3 Å². The number of likely N-dealkylation sites (tertiary alicyclic amines) is 1. The average Bonchev–Trinajstić information content (AvgIpc) is 2.44. The Kier molecular flexibility index (Phi) is 5.20.